The number of nitrogens with zero attached hydrogens (tertiary/aromatic N) is 2. The van der Waals surface area contributed by atoms with Crippen LogP contribution in [-0.2, 0) is 6.54 Å². The Morgan fingerprint density at radius 1 is 1.22 bits per heavy atom. The van der Waals surface area contributed by atoms with E-state index in [9.17, 15) is 4.79 Å². The number of pyridine rings is 1. The van der Waals surface area contributed by atoms with Gasteiger partial charge in [-0.1, -0.05) is 28.9 Å². The molecule has 6 heteroatoms. The van der Waals surface area contributed by atoms with Gasteiger partial charge in [0.25, 0.3) is 0 Å². The molecule has 0 aliphatic carbocycles. The van der Waals surface area contributed by atoms with Gasteiger partial charge in [-0.15, -0.1) is 0 Å². The molecule has 0 unspecified atom stereocenters. The predicted octanol–water partition coefficient (Wildman–Crippen LogP) is 3.34. The topological polar surface area (TPSA) is 71.2 Å². The summed E-state index contributed by atoms with van der Waals surface area (Å²) in [6, 6.07) is 8.96. The highest BCUT2D eigenvalue weighted by atomic mass is 35.5. The molecular formula is C17H12ClN3O2. The molecule has 114 valence electrons. The van der Waals surface area contributed by atoms with Crippen molar-refractivity contribution in [3.63, 3.8) is 0 Å². The van der Waals surface area contributed by atoms with Crippen LogP contribution in [0, 0.1) is 6.92 Å². The molecule has 3 heterocycles. The maximum atomic E-state index is 11.8. The molecule has 23 heavy (non-hydrogen) atoms. The van der Waals surface area contributed by atoms with E-state index >= 15 is 0 Å². The van der Waals surface area contributed by atoms with Gasteiger partial charge in [-0.25, -0.2) is 0 Å². The third kappa shape index (κ3) is 2.29. The summed E-state index contributed by atoms with van der Waals surface area (Å²) in [5.74, 6) is 0.694. The summed E-state index contributed by atoms with van der Waals surface area (Å²) in [7, 11) is 0. The fourth-order valence-electron chi connectivity index (χ4n) is 2.83. The minimum absolute atomic E-state index is 0.178. The summed E-state index contributed by atoms with van der Waals surface area (Å²) >= 11 is 5.97. The summed E-state index contributed by atoms with van der Waals surface area (Å²) in [4.78, 5) is 19.2. The molecule has 0 spiro atoms. The number of halogens is 1. The summed E-state index contributed by atoms with van der Waals surface area (Å²) in [6.45, 7) is 2.25. The second kappa shape index (κ2) is 5.21. The first-order valence-electron chi connectivity index (χ1n) is 7.12. The molecule has 0 saturated carbocycles. The van der Waals surface area contributed by atoms with E-state index < -0.39 is 0 Å². The number of fused-ring (bicyclic) bond motifs is 3. The number of rotatable bonds is 1. The van der Waals surface area contributed by atoms with Gasteiger partial charge in [0.2, 0.25) is 5.56 Å². The molecule has 4 rings (SSSR count). The number of aliphatic imine (C=N–C) groups is 1. The summed E-state index contributed by atoms with van der Waals surface area (Å²) in [5, 5.41) is 4.67. The lowest BCUT2D eigenvalue weighted by Crippen LogP contribution is -2.12. The van der Waals surface area contributed by atoms with Crippen molar-refractivity contribution in [2.45, 2.75) is 13.5 Å². The number of hydrogen-bond acceptors (Lipinski definition) is 4. The smallest absolute Gasteiger partial charge is 0.248 e. The van der Waals surface area contributed by atoms with E-state index in [1.165, 1.54) is 0 Å². The third-order valence-electron chi connectivity index (χ3n) is 3.88. The van der Waals surface area contributed by atoms with Crippen LogP contribution in [0.2, 0.25) is 5.02 Å². The first kappa shape index (κ1) is 14.0. The van der Waals surface area contributed by atoms with Gasteiger partial charge in [0.05, 0.1) is 17.0 Å². The Labute approximate surface area is 136 Å². The first-order valence-corrected chi connectivity index (χ1v) is 7.50. The number of nitrogens with one attached hydrogen (secondary N) is 1. The first-order chi connectivity index (χ1) is 11.1. The monoisotopic (exact) mass is 325 g/mol. The van der Waals surface area contributed by atoms with E-state index in [1.807, 2.05) is 31.2 Å². The van der Waals surface area contributed by atoms with Crippen LogP contribution in [-0.4, -0.2) is 15.9 Å². The van der Waals surface area contributed by atoms with Gasteiger partial charge in [0.15, 0.2) is 5.76 Å². The molecule has 1 aliphatic heterocycles. The molecule has 3 aromatic rings. The normalized spacial score (nSPS) is 13.0. The largest absolute Gasteiger partial charge is 0.358 e. The van der Waals surface area contributed by atoms with Crippen LogP contribution < -0.4 is 5.56 Å². The van der Waals surface area contributed by atoms with Crippen molar-refractivity contribution in [2.24, 2.45) is 4.99 Å². The van der Waals surface area contributed by atoms with Crippen molar-refractivity contribution < 1.29 is 4.52 Å². The molecule has 0 atom stereocenters. The van der Waals surface area contributed by atoms with Crippen molar-refractivity contribution in [1.82, 2.24) is 10.1 Å². The van der Waals surface area contributed by atoms with Gasteiger partial charge in [-0.2, -0.15) is 0 Å². The fourth-order valence-corrected chi connectivity index (χ4v) is 2.96. The maximum absolute atomic E-state index is 11.8. The highest BCUT2D eigenvalue weighted by Gasteiger charge is 2.24. The number of aromatic amines is 1. The Bertz CT molecular complexity index is 984. The molecule has 0 radical (unpaired) electrons. The van der Waals surface area contributed by atoms with Crippen LogP contribution >= 0.6 is 11.6 Å². The van der Waals surface area contributed by atoms with Crippen LogP contribution in [0.4, 0.5) is 0 Å². The molecule has 2 aromatic heterocycles. The quantitative estimate of drug-likeness (QED) is 0.746. The van der Waals surface area contributed by atoms with Gasteiger partial charge in [-0.05, 0) is 19.1 Å². The van der Waals surface area contributed by atoms with Gasteiger partial charge in [0, 0.05) is 34.0 Å². The number of hydrogen-bond donors (Lipinski definition) is 1. The van der Waals surface area contributed by atoms with Gasteiger partial charge < -0.3 is 9.51 Å². The number of aromatic nitrogens is 2. The highest BCUT2D eigenvalue weighted by Crippen LogP contribution is 2.33. The number of H-pyrrole nitrogens is 1. The van der Waals surface area contributed by atoms with Gasteiger partial charge in [-0.3, -0.25) is 9.79 Å². The number of aryl methyl sites for hydroxylation is 1. The van der Waals surface area contributed by atoms with Crippen molar-refractivity contribution >= 4 is 17.3 Å². The molecule has 0 bridgehead atoms. The molecule has 1 aliphatic rings. The zero-order valence-electron chi connectivity index (χ0n) is 12.3. The van der Waals surface area contributed by atoms with E-state index in [2.05, 4.69) is 15.1 Å². The molecule has 0 saturated heterocycles. The Hall–Kier alpha value is -2.66. The molecule has 1 aromatic carbocycles. The SMILES string of the molecule is Cc1noc2c1-c1c[nH]c(=O)cc1C(c1ccc(Cl)cc1)=NC2. The molecule has 5 nitrogen and oxygen atoms in total. The second-order valence-electron chi connectivity index (χ2n) is 5.36. The minimum Gasteiger partial charge on any atom is -0.358 e. The second-order valence-corrected chi connectivity index (χ2v) is 5.80. The van der Waals surface area contributed by atoms with E-state index in [-0.39, 0.29) is 5.56 Å². The Kier molecular flexibility index (Phi) is 3.16. The summed E-state index contributed by atoms with van der Waals surface area (Å²) < 4.78 is 5.39. The van der Waals surface area contributed by atoms with Crippen molar-refractivity contribution in [1.29, 1.82) is 0 Å². The Balaban J connectivity index is 2.00. The van der Waals surface area contributed by atoms with Crippen LogP contribution in [0.15, 0.2) is 50.8 Å². The lowest BCUT2D eigenvalue weighted by molar-refractivity contribution is 0.382. The average Bonchev–Trinajstić information content (AvgIpc) is 2.82. The van der Waals surface area contributed by atoms with Crippen molar-refractivity contribution in [3.05, 3.63) is 74.5 Å². The minimum atomic E-state index is -0.178. The summed E-state index contributed by atoms with van der Waals surface area (Å²) in [6.07, 6.45) is 1.69. The van der Waals surface area contributed by atoms with Gasteiger partial charge in [0.1, 0.15) is 6.54 Å². The zero-order valence-corrected chi connectivity index (χ0v) is 13.0. The van der Waals surface area contributed by atoms with Crippen LogP contribution in [0.1, 0.15) is 22.6 Å². The maximum Gasteiger partial charge on any atom is 0.248 e. The van der Waals surface area contributed by atoms with Crippen molar-refractivity contribution in [2.75, 3.05) is 0 Å². The van der Waals surface area contributed by atoms with Crippen molar-refractivity contribution in [3.8, 4) is 11.1 Å². The van der Waals surface area contributed by atoms with Gasteiger partial charge >= 0.3 is 0 Å². The lowest BCUT2D eigenvalue weighted by atomic mass is 9.95. The lowest BCUT2D eigenvalue weighted by Gasteiger charge is -2.09. The van der Waals surface area contributed by atoms with E-state index in [4.69, 9.17) is 16.1 Å². The van der Waals surface area contributed by atoms with E-state index in [0.717, 1.165) is 33.7 Å². The molecule has 0 amide bonds. The van der Waals surface area contributed by atoms with E-state index in [0.29, 0.717) is 17.3 Å². The van der Waals surface area contributed by atoms with Crippen LogP contribution in [0.3, 0.4) is 0 Å². The number of benzene rings is 1. The molecule has 0 fully saturated rings. The van der Waals surface area contributed by atoms with Crippen LogP contribution in [0.25, 0.3) is 11.1 Å². The standard InChI is InChI=1S/C17H12ClN3O2/c1-9-16-13-7-19-15(22)6-12(13)17(20-8-14(16)23-21-9)10-2-4-11(18)5-3-10/h2-7H,8H2,1H3,(H,19,22). The fraction of sp³-hybridized carbons (Fsp3) is 0.118. The average molecular weight is 326 g/mol. The highest BCUT2D eigenvalue weighted by molar-refractivity contribution is 6.30. The third-order valence-corrected chi connectivity index (χ3v) is 4.13. The van der Waals surface area contributed by atoms with Crippen LogP contribution in [0.5, 0.6) is 0 Å². The summed E-state index contributed by atoms with van der Waals surface area (Å²) in [5.41, 5.74) is 4.77. The predicted molar refractivity (Wildman–Crippen MR) is 88.1 cm³/mol. The Morgan fingerprint density at radius 2 is 2.00 bits per heavy atom. The Morgan fingerprint density at radius 3 is 2.78 bits per heavy atom. The zero-order chi connectivity index (χ0) is 16.0. The molecular weight excluding hydrogens is 314 g/mol. The van der Waals surface area contributed by atoms with E-state index in [1.54, 1.807) is 12.3 Å². The molecule has 1 N–H and O–H groups in total.